The number of nitrogens with zero attached hydrogens (tertiary/aromatic N) is 2. The first-order valence-corrected chi connectivity index (χ1v) is 4.94. The van der Waals surface area contributed by atoms with E-state index >= 15 is 0 Å². The summed E-state index contributed by atoms with van der Waals surface area (Å²) in [6.07, 6.45) is 1.46. The van der Waals surface area contributed by atoms with Crippen LogP contribution in [0.25, 0.3) is 0 Å². The van der Waals surface area contributed by atoms with E-state index < -0.39 is 4.92 Å². The third kappa shape index (κ3) is 3.68. The largest absolute Gasteiger partial charge is 0.305 e. The molecule has 0 aliphatic heterocycles. The smallest absolute Gasteiger partial charge is 0.278 e. The van der Waals surface area contributed by atoms with E-state index in [9.17, 15) is 10.1 Å². The number of rotatable bonds is 3. The van der Waals surface area contributed by atoms with Gasteiger partial charge < -0.3 is 5.43 Å². The highest BCUT2D eigenvalue weighted by Gasteiger charge is 2.10. The zero-order valence-corrected chi connectivity index (χ0v) is 9.60. The van der Waals surface area contributed by atoms with Gasteiger partial charge in [0.1, 0.15) is 0 Å². The Balaban J connectivity index is 2.85. The van der Waals surface area contributed by atoms with Gasteiger partial charge in [0.05, 0.1) is 16.7 Å². The minimum atomic E-state index is -0.418. The Morgan fingerprint density at radius 1 is 1.38 bits per heavy atom. The van der Waals surface area contributed by atoms with E-state index in [4.69, 9.17) is 0 Å². The second-order valence-corrected chi connectivity index (χ2v) is 4.44. The fourth-order valence-corrected chi connectivity index (χ4v) is 1.06. The Kier molecular flexibility index (Phi) is 3.60. The summed E-state index contributed by atoms with van der Waals surface area (Å²) in [6, 6.07) is 6.49. The fourth-order valence-electron chi connectivity index (χ4n) is 1.06. The summed E-state index contributed by atoms with van der Waals surface area (Å²) in [5, 5.41) is 14.7. The number of hydrazone groups is 1. The topological polar surface area (TPSA) is 67.5 Å². The van der Waals surface area contributed by atoms with E-state index in [1.54, 1.807) is 18.2 Å². The summed E-state index contributed by atoms with van der Waals surface area (Å²) >= 11 is 0. The van der Waals surface area contributed by atoms with E-state index in [-0.39, 0.29) is 11.2 Å². The zero-order valence-electron chi connectivity index (χ0n) is 9.60. The number of hydrogen-bond acceptors (Lipinski definition) is 4. The van der Waals surface area contributed by atoms with Crippen molar-refractivity contribution < 1.29 is 4.92 Å². The van der Waals surface area contributed by atoms with Crippen LogP contribution in [0.1, 0.15) is 26.3 Å². The van der Waals surface area contributed by atoms with Gasteiger partial charge in [0, 0.05) is 11.6 Å². The zero-order chi connectivity index (χ0) is 12.2. The van der Waals surface area contributed by atoms with E-state index in [1.807, 2.05) is 20.8 Å². The Labute approximate surface area is 94.3 Å². The lowest BCUT2D eigenvalue weighted by atomic mass is 10.1. The second-order valence-electron chi connectivity index (χ2n) is 4.44. The van der Waals surface area contributed by atoms with Crippen LogP contribution in [0.15, 0.2) is 29.4 Å². The van der Waals surface area contributed by atoms with Crippen molar-refractivity contribution >= 4 is 11.9 Å². The molecule has 86 valence electrons. The minimum absolute atomic E-state index is 0.0574. The van der Waals surface area contributed by atoms with Crippen molar-refractivity contribution in [3.8, 4) is 0 Å². The van der Waals surface area contributed by atoms with E-state index in [2.05, 4.69) is 10.5 Å². The molecule has 5 nitrogen and oxygen atoms in total. The molecule has 0 spiro atoms. The molecule has 0 radical (unpaired) electrons. The van der Waals surface area contributed by atoms with Crippen molar-refractivity contribution in [3.63, 3.8) is 0 Å². The lowest BCUT2D eigenvalue weighted by Gasteiger charge is -2.16. The number of para-hydroxylation sites is 1. The molecule has 0 amide bonds. The van der Waals surface area contributed by atoms with Crippen LogP contribution in [-0.2, 0) is 0 Å². The van der Waals surface area contributed by atoms with Crippen molar-refractivity contribution in [1.82, 2.24) is 5.43 Å². The van der Waals surface area contributed by atoms with Crippen LogP contribution in [-0.4, -0.2) is 16.7 Å². The van der Waals surface area contributed by atoms with Gasteiger partial charge in [-0.15, -0.1) is 0 Å². The van der Waals surface area contributed by atoms with Gasteiger partial charge in [0.2, 0.25) is 0 Å². The van der Waals surface area contributed by atoms with E-state index in [0.29, 0.717) is 5.56 Å². The number of hydrogen-bond donors (Lipinski definition) is 1. The lowest BCUT2D eigenvalue weighted by Crippen LogP contribution is -2.31. The van der Waals surface area contributed by atoms with Crippen LogP contribution >= 0.6 is 0 Å². The maximum atomic E-state index is 10.7. The summed E-state index contributed by atoms with van der Waals surface area (Å²) in [4.78, 5) is 10.3. The minimum Gasteiger partial charge on any atom is -0.305 e. The molecule has 0 unspecified atom stereocenters. The summed E-state index contributed by atoms with van der Waals surface area (Å²) in [5.41, 5.74) is 3.28. The molecular weight excluding hydrogens is 206 g/mol. The Bertz CT molecular complexity index is 408. The molecule has 1 aromatic rings. The highest BCUT2D eigenvalue weighted by atomic mass is 16.6. The quantitative estimate of drug-likeness (QED) is 0.484. The highest BCUT2D eigenvalue weighted by molar-refractivity contribution is 5.84. The first-order chi connectivity index (χ1) is 7.40. The van der Waals surface area contributed by atoms with Gasteiger partial charge in [-0.05, 0) is 26.8 Å². The molecule has 0 saturated carbocycles. The first-order valence-electron chi connectivity index (χ1n) is 4.94. The van der Waals surface area contributed by atoms with Crippen LogP contribution in [0.5, 0.6) is 0 Å². The monoisotopic (exact) mass is 221 g/mol. The molecule has 0 aliphatic carbocycles. The Morgan fingerprint density at radius 2 is 2.00 bits per heavy atom. The average Bonchev–Trinajstić information content (AvgIpc) is 2.16. The normalized spacial score (nSPS) is 11.7. The fraction of sp³-hybridized carbons (Fsp3) is 0.364. The molecule has 16 heavy (non-hydrogen) atoms. The van der Waals surface area contributed by atoms with Crippen LogP contribution < -0.4 is 5.43 Å². The van der Waals surface area contributed by atoms with Gasteiger partial charge in [0.15, 0.2) is 0 Å². The summed E-state index contributed by atoms with van der Waals surface area (Å²) in [7, 11) is 0. The lowest BCUT2D eigenvalue weighted by molar-refractivity contribution is -0.385. The Hall–Kier alpha value is -1.91. The van der Waals surface area contributed by atoms with Crippen molar-refractivity contribution in [2.75, 3.05) is 0 Å². The average molecular weight is 221 g/mol. The van der Waals surface area contributed by atoms with Crippen molar-refractivity contribution in [2.24, 2.45) is 5.10 Å². The van der Waals surface area contributed by atoms with Gasteiger partial charge in [-0.25, -0.2) is 0 Å². The van der Waals surface area contributed by atoms with Gasteiger partial charge in [0.25, 0.3) is 5.69 Å². The molecule has 0 saturated heterocycles. The summed E-state index contributed by atoms with van der Waals surface area (Å²) in [5.74, 6) is 0. The maximum Gasteiger partial charge on any atom is 0.278 e. The first kappa shape index (κ1) is 12.2. The molecule has 0 fully saturated rings. The molecule has 1 N–H and O–H groups in total. The molecule has 0 bridgehead atoms. The van der Waals surface area contributed by atoms with E-state index in [1.165, 1.54) is 12.3 Å². The molecule has 0 heterocycles. The van der Waals surface area contributed by atoms with Crippen LogP contribution in [0, 0.1) is 10.1 Å². The van der Waals surface area contributed by atoms with Crippen molar-refractivity contribution in [1.29, 1.82) is 0 Å². The van der Waals surface area contributed by atoms with Gasteiger partial charge in [-0.1, -0.05) is 12.1 Å². The number of nitro groups is 1. The van der Waals surface area contributed by atoms with Gasteiger partial charge >= 0.3 is 0 Å². The van der Waals surface area contributed by atoms with Crippen molar-refractivity contribution in [3.05, 3.63) is 39.9 Å². The van der Waals surface area contributed by atoms with Crippen LogP contribution in [0.3, 0.4) is 0 Å². The molecular formula is C11H15N3O2. The summed E-state index contributed by atoms with van der Waals surface area (Å²) in [6.45, 7) is 5.89. The van der Waals surface area contributed by atoms with Crippen molar-refractivity contribution in [2.45, 2.75) is 26.3 Å². The van der Waals surface area contributed by atoms with Gasteiger partial charge in [-0.2, -0.15) is 5.10 Å². The standard InChI is InChI=1S/C11H15N3O2/c1-11(2,3)13-12-8-9-6-4-5-7-10(9)14(15)16/h4-8,13H,1-3H3. The number of nitro benzene ring substituents is 1. The molecule has 5 heteroatoms. The number of nitrogens with one attached hydrogen (secondary N) is 1. The highest BCUT2D eigenvalue weighted by Crippen LogP contribution is 2.15. The molecule has 1 aromatic carbocycles. The third-order valence-corrected chi connectivity index (χ3v) is 1.74. The van der Waals surface area contributed by atoms with E-state index in [0.717, 1.165) is 0 Å². The van der Waals surface area contributed by atoms with Crippen LogP contribution in [0.2, 0.25) is 0 Å². The molecule has 1 rings (SSSR count). The molecule has 0 aliphatic rings. The summed E-state index contributed by atoms with van der Waals surface area (Å²) < 4.78 is 0. The molecule has 0 atom stereocenters. The van der Waals surface area contributed by atoms with Crippen LogP contribution in [0.4, 0.5) is 5.69 Å². The maximum absolute atomic E-state index is 10.7. The van der Waals surface area contributed by atoms with Gasteiger partial charge in [-0.3, -0.25) is 10.1 Å². The second kappa shape index (κ2) is 4.74. The predicted molar refractivity (Wildman–Crippen MR) is 63.6 cm³/mol. The number of benzene rings is 1. The SMILES string of the molecule is CC(C)(C)NN=Cc1ccccc1[N+](=O)[O-]. The Morgan fingerprint density at radius 3 is 2.56 bits per heavy atom. The predicted octanol–water partition coefficient (Wildman–Crippen LogP) is 2.32. The third-order valence-electron chi connectivity index (χ3n) is 1.74. The molecule has 0 aromatic heterocycles.